The molecule has 2 aromatic carbocycles. The number of halogens is 2. The van der Waals surface area contributed by atoms with Crippen LogP contribution in [0.4, 0.5) is 4.39 Å². The van der Waals surface area contributed by atoms with Gasteiger partial charge < -0.3 is 0 Å². The summed E-state index contributed by atoms with van der Waals surface area (Å²) in [5.41, 5.74) is 3.67. The van der Waals surface area contributed by atoms with Crippen LogP contribution in [0.3, 0.4) is 0 Å². The van der Waals surface area contributed by atoms with Gasteiger partial charge in [0.25, 0.3) is 0 Å². The minimum Gasteiger partial charge on any atom is -0.247 e. The van der Waals surface area contributed by atoms with Gasteiger partial charge in [-0.3, -0.25) is 0 Å². The Kier molecular flexibility index (Phi) is 4.93. The summed E-state index contributed by atoms with van der Waals surface area (Å²) in [6.07, 6.45) is 2.25. The first-order valence-electron chi connectivity index (χ1n) is 7.69. The maximum absolute atomic E-state index is 14.1. The van der Waals surface area contributed by atoms with Gasteiger partial charge in [0.2, 0.25) is 0 Å². The monoisotopic (exact) mass is 335 g/mol. The number of aromatic nitrogens is 1. The number of nitrogens with zero attached hydrogens (tertiary/aromatic N) is 1. The van der Waals surface area contributed by atoms with E-state index in [1.807, 2.05) is 49.4 Å². The normalized spacial score (nSPS) is 10.1. The van der Waals surface area contributed by atoms with E-state index in [1.54, 1.807) is 12.3 Å². The molecule has 0 aliphatic rings. The highest BCUT2D eigenvalue weighted by Gasteiger charge is 2.09. The highest BCUT2D eigenvalue weighted by atomic mass is 35.5. The van der Waals surface area contributed by atoms with Crippen LogP contribution in [0.15, 0.2) is 60.8 Å². The molecule has 0 spiro atoms. The van der Waals surface area contributed by atoms with Crippen molar-refractivity contribution in [1.29, 1.82) is 0 Å². The van der Waals surface area contributed by atoms with E-state index in [4.69, 9.17) is 11.6 Å². The second kappa shape index (κ2) is 7.29. The molecule has 1 nitrogen and oxygen atoms in total. The van der Waals surface area contributed by atoms with Crippen LogP contribution in [0, 0.1) is 17.7 Å². The Bertz CT molecular complexity index is 883. The fourth-order valence-electron chi connectivity index (χ4n) is 2.40. The number of benzene rings is 2. The lowest BCUT2D eigenvalue weighted by atomic mass is 10.0. The van der Waals surface area contributed by atoms with Crippen molar-refractivity contribution in [2.24, 2.45) is 0 Å². The van der Waals surface area contributed by atoms with E-state index in [0.717, 1.165) is 11.1 Å². The van der Waals surface area contributed by atoms with Gasteiger partial charge in [0.05, 0.1) is 0 Å². The van der Waals surface area contributed by atoms with E-state index in [9.17, 15) is 4.39 Å². The molecule has 0 atom stereocenters. The minimum atomic E-state index is -0.284. The predicted octanol–water partition coefficient (Wildman–Crippen LogP) is 5.50. The van der Waals surface area contributed by atoms with Crippen LogP contribution in [0.5, 0.6) is 0 Å². The molecule has 0 saturated carbocycles. The molecule has 0 radical (unpaired) electrons. The van der Waals surface area contributed by atoms with E-state index in [0.29, 0.717) is 28.3 Å². The molecule has 0 saturated heterocycles. The molecule has 1 heterocycles. The first-order valence-corrected chi connectivity index (χ1v) is 8.06. The Balaban J connectivity index is 1.87. The molecule has 0 N–H and O–H groups in total. The Hall–Kier alpha value is -2.63. The fourth-order valence-corrected chi connectivity index (χ4v) is 2.75. The molecule has 3 heteroatoms. The van der Waals surface area contributed by atoms with Gasteiger partial charge in [0.15, 0.2) is 0 Å². The summed E-state index contributed by atoms with van der Waals surface area (Å²) >= 11 is 6.15. The lowest BCUT2D eigenvalue weighted by Gasteiger charge is -2.07. The quantitative estimate of drug-likeness (QED) is 0.563. The summed E-state index contributed by atoms with van der Waals surface area (Å²) < 4.78 is 14.1. The molecule has 118 valence electrons. The van der Waals surface area contributed by atoms with Gasteiger partial charge >= 0.3 is 0 Å². The van der Waals surface area contributed by atoms with Crippen LogP contribution in [-0.2, 0) is 6.42 Å². The van der Waals surface area contributed by atoms with Crippen molar-refractivity contribution in [1.82, 2.24) is 4.98 Å². The van der Waals surface area contributed by atoms with Crippen molar-refractivity contribution in [2.75, 3.05) is 0 Å². The van der Waals surface area contributed by atoms with Gasteiger partial charge in [-0.2, -0.15) is 0 Å². The molecule has 0 unspecified atom stereocenters. The van der Waals surface area contributed by atoms with E-state index >= 15 is 0 Å². The first kappa shape index (κ1) is 16.2. The molecule has 0 aliphatic carbocycles. The molecule has 0 bridgehead atoms. The average molecular weight is 336 g/mol. The predicted molar refractivity (Wildman–Crippen MR) is 96.4 cm³/mol. The lowest BCUT2D eigenvalue weighted by molar-refractivity contribution is 0.613. The molecular formula is C21H15ClFN. The Morgan fingerprint density at radius 3 is 2.42 bits per heavy atom. The summed E-state index contributed by atoms with van der Waals surface area (Å²) in [6, 6.07) is 16.7. The second-order valence-electron chi connectivity index (χ2n) is 5.32. The van der Waals surface area contributed by atoms with E-state index in [2.05, 4.69) is 16.8 Å². The molecule has 3 rings (SSSR count). The zero-order valence-corrected chi connectivity index (χ0v) is 13.9. The van der Waals surface area contributed by atoms with Gasteiger partial charge in [0.1, 0.15) is 11.5 Å². The van der Waals surface area contributed by atoms with Crippen LogP contribution in [0.25, 0.3) is 11.1 Å². The van der Waals surface area contributed by atoms with E-state index in [-0.39, 0.29) is 5.82 Å². The van der Waals surface area contributed by atoms with E-state index in [1.165, 1.54) is 6.07 Å². The summed E-state index contributed by atoms with van der Waals surface area (Å²) in [4.78, 5) is 4.33. The molecule has 24 heavy (non-hydrogen) atoms. The highest BCUT2D eigenvalue weighted by molar-refractivity contribution is 6.31. The van der Waals surface area contributed by atoms with Gasteiger partial charge in [-0.1, -0.05) is 48.7 Å². The standard InChI is InChI=1S/C21H15ClFN/c1-2-19-20(22)12-17(13-21(19)23)16-9-11-18(24-14-16)10-8-15-6-4-3-5-7-15/h3-7,9,11-14H,2H2,1H3. The zero-order valence-electron chi connectivity index (χ0n) is 13.2. The number of hydrogen-bond donors (Lipinski definition) is 0. The lowest BCUT2D eigenvalue weighted by Crippen LogP contribution is -1.92. The van der Waals surface area contributed by atoms with Crippen LogP contribution in [0.2, 0.25) is 5.02 Å². The Morgan fingerprint density at radius 2 is 1.79 bits per heavy atom. The molecule has 3 aromatic rings. The number of pyridine rings is 1. The molecular weight excluding hydrogens is 321 g/mol. The largest absolute Gasteiger partial charge is 0.247 e. The third kappa shape index (κ3) is 3.64. The third-order valence-electron chi connectivity index (χ3n) is 3.70. The fraction of sp³-hybridized carbons (Fsp3) is 0.0952. The van der Waals surface area contributed by atoms with E-state index < -0.39 is 0 Å². The highest BCUT2D eigenvalue weighted by Crippen LogP contribution is 2.28. The summed E-state index contributed by atoms with van der Waals surface area (Å²) in [6.45, 7) is 1.88. The van der Waals surface area contributed by atoms with Gasteiger partial charge in [0, 0.05) is 27.9 Å². The van der Waals surface area contributed by atoms with Crippen LogP contribution >= 0.6 is 11.6 Å². The van der Waals surface area contributed by atoms with Crippen molar-refractivity contribution in [3.63, 3.8) is 0 Å². The van der Waals surface area contributed by atoms with Gasteiger partial charge in [-0.05, 0) is 48.2 Å². The maximum atomic E-state index is 14.1. The maximum Gasteiger partial charge on any atom is 0.128 e. The summed E-state index contributed by atoms with van der Waals surface area (Å²) in [7, 11) is 0. The summed E-state index contributed by atoms with van der Waals surface area (Å²) in [5, 5.41) is 0.445. The van der Waals surface area contributed by atoms with Gasteiger partial charge in [-0.25, -0.2) is 9.37 Å². The van der Waals surface area contributed by atoms with Crippen molar-refractivity contribution in [3.05, 3.63) is 88.5 Å². The zero-order chi connectivity index (χ0) is 16.9. The molecule has 0 amide bonds. The van der Waals surface area contributed by atoms with Crippen molar-refractivity contribution in [2.45, 2.75) is 13.3 Å². The molecule has 0 fully saturated rings. The first-order chi connectivity index (χ1) is 11.7. The SMILES string of the molecule is CCc1c(F)cc(-c2ccc(C#Cc3ccccc3)nc2)cc1Cl. The van der Waals surface area contributed by atoms with Crippen LogP contribution in [-0.4, -0.2) is 4.98 Å². The Labute approximate surface area is 146 Å². The van der Waals surface area contributed by atoms with Gasteiger partial charge in [-0.15, -0.1) is 0 Å². The van der Waals surface area contributed by atoms with Crippen LogP contribution < -0.4 is 0 Å². The van der Waals surface area contributed by atoms with Crippen LogP contribution in [0.1, 0.15) is 23.7 Å². The molecule has 0 aliphatic heterocycles. The topological polar surface area (TPSA) is 12.9 Å². The average Bonchev–Trinajstić information content (AvgIpc) is 2.61. The van der Waals surface area contributed by atoms with Crippen molar-refractivity contribution >= 4 is 11.6 Å². The second-order valence-corrected chi connectivity index (χ2v) is 5.73. The number of hydrogen-bond acceptors (Lipinski definition) is 1. The van der Waals surface area contributed by atoms with Crippen molar-refractivity contribution < 1.29 is 4.39 Å². The minimum absolute atomic E-state index is 0.284. The number of rotatable bonds is 2. The molecule has 1 aromatic heterocycles. The summed E-state index contributed by atoms with van der Waals surface area (Å²) in [5.74, 6) is 5.79. The van der Waals surface area contributed by atoms with Crippen molar-refractivity contribution in [3.8, 4) is 23.0 Å². The Morgan fingerprint density at radius 1 is 1.00 bits per heavy atom. The smallest absolute Gasteiger partial charge is 0.128 e. The third-order valence-corrected chi connectivity index (χ3v) is 4.04.